The summed E-state index contributed by atoms with van der Waals surface area (Å²) in [7, 11) is 0. The minimum atomic E-state index is -0.647. The Labute approximate surface area is 113 Å². The van der Waals surface area contributed by atoms with E-state index in [1.165, 1.54) is 17.7 Å². The van der Waals surface area contributed by atoms with Crippen molar-refractivity contribution in [3.63, 3.8) is 0 Å². The third-order valence-electron chi connectivity index (χ3n) is 3.32. The summed E-state index contributed by atoms with van der Waals surface area (Å²) >= 11 is 0. The third-order valence-corrected chi connectivity index (χ3v) is 3.32. The van der Waals surface area contributed by atoms with Gasteiger partial charge in [0.2, 0.25) is 0 Å². The Hall–Kier alpha value is -1.23. The summed E-state index contributed by atoms with van der Waals surface area (Å²) in [4.78, 5) is 0. The van der Waals surface area contributed by atoms with Gasteiger partial charge in [-0.3, -0.25) is 0 Å². The summed E-state index contributed by atoms with van der Waals surface area (Å²) in [6.45, 7) is 4.07. The molecule has 0 saturated carbocycles. The van der Waals surface area contributed by atoms with Crippen LogP contribution in [-0.2, 0) is 4.74 Å². The molecule has 0 bridgehead atoms. The molecule has 3 nitrogen and oxygen atoms in total. The highest BCUT2D eigenvalue weighted by Crippen LogP contribution is 2.17. The maximum atomic E-state index is 12.8. The molecule has 104 valence electrons. The van der Waals surface area contributed by atoms with Crippen molar-refractivity contribution < 1.29 is 14.2 Å². The second-order valence-electron chi connectivity index (χ2n) is 4.87. The van der Waals surface area contributed by atoms with Crippen LogP contribution in [0.15, 0.2) is 35.9 Å². The first kappa shape index (κ1) is 14.2. The van der Waals surface area contributed by atoms with E-state index in [2.05, 4.69) is 11.4 Å². The molecule has 4 heteroatoms. The van der Waals surface area contributed by atoms with E-state index in [0.717, 1.165) is 18.6 Å². The van der Waals surface area contributed by atoms with Crippen molar-refractivity contribution in [2.45, 2.75) is 25.5 Å². The Balaban J connectivity index is 1.86. The van der Waals surface area contributed by atoms with Crippen LogP contribution < -0.4 is 5.32 Å². The molecule has 1 aliphatic heterocycles. The Kier molecular flexibility index (Phi) is 5.07. The Morgan fingerprint density at radius 1 is 1.37 bits per heavy atom. The molecule has 2 unspecified atom stereocenters. The van der Waals surface area contributed by atoms with Crippen LogP contribution >= 0.6 is 0 Å². The number of rotatable bonds is 5. The van der Waals surface area contributed by atoms with Crippen LogP contribution in [0.3, 0.4) is 0 Å². The fourth-order valence-corrected chi connectivity index (χ4v) is 2.08. The highest BCUT2D eigenvalue weighted by Gasteiger charge is 2.16. The minimum Gasteiger partial charge on any atom is -0.387 e. The molecule has 1 heterocycles. The fraction of sp³-hybridized carbons (Fsp3) is 0.467. The van der Waals surface area contributed by atoms with Gasteiger partial charge in [-0.05, 0) is 36.6 Å². The van der Waals surface area contributed by atoms with E-state index >= 15 is 0 Å². The monoisotopic (exact) mass is 265 g/mol. The zero-order valence-electron chi connectivity index (χ0n) is 11.1. The van der Waals surface area contributed by atoms with Crippen LogP contribution in [0.2, 0.25) is 0 Å². The van der Waals surface area contributed by atoms with Crippen molar-refractivity contribution in [2.24, 2.45) is 0 Å². The number of hydrogen-bond donors (Lipinski definition) is 2. The van der Waals surface area contributed by atoms with Gasteiger partial charge in [0.15, 0.2) is 0 Å². The van der Waals surface area contributed by atoms with Gasteiger partial charge in [0, 0.05) is 12.6 Å². The Morgan fingerprint density at radius 3 is 2.74 bits per heavy atom. The van der Waals surface area contributed by atoms with Gasteiger partial charge in [0.1, 0.15) is 5.82 Å². The van der Waals surface area contributed by atoms with Crippen molar-refractivity contribution in [1.82, 2.24) is 5.32 Å². The van der Waals surface area contributed by atoms with Crippen LogP contribution in [0.1, 0.15) is 25.0 Å². The maximum Gasteiger partial charge on any atom is 0.123 e. The second kappa shape index (κ2) is 6.80. The van der Waals surface area contributed by atoms with Crippen molar-refractivity contribution in [3.05, 3.63) is 47.3 Å². The van der Waals surface area contributed by atoms with Gasteiger partial charge in [-0.2, -0.15) is 0 Å². The van der Waals surface area contributed by atoms with Gasteiger partial charge < -0.3 is 15.2 Å². The van der Waals surface area contributed by atoms with Gasteiger partial charge in [0.25, 0.3) is 0 Å². The lowest BCUT2D eigenvalue weighted by Crippen LogP contribution is -2.34. The van der Waals surface area contributed by atoms with Gasteiger partial charge >= 0.3 is 0 Å². The molecule has 0 spiro atoms. The quantitative estimate of drug-likeness (QED) is 0.802. The van der Waals surface area contributed by atoms with Crippen molar-refractivity contribution in [3.8, 4) is 0 Å². The summed E-state index contributed by atoms with van der Waals surface area (Å²) in [6.07, 6.45) is 2.48. The van der Waals surface area contributed by atoms with Crippen molar-refractivity contribution >= 4 is 0 Å². The summed E-state index contributed by atoms with van der Waals surface area (Å²) < 4.78 is 18.2. The molecule has 2 N–H and O–H groups in total. The molecule has 0 amide bonds. The van der Waals surface area contributed by atoms with Crippen LogP contribution in [0.4, 0.5) is 4.39 Å². The molecule has 0 radical (unpaired) electrons. The maximum absolute atomic E-state index is 12.8. The summed E-state index contributed by atoms with van der Waals surface area (Å²) in [6, 6.07) is 5.85. The number of hydrogen-bond acceptors (Lipinski definition) is 3. The average Bonchev–Trinajstić information content (AvgIpc) is 2.46. The van der Waals surface area contributed by atoms with Crippen LogP contribution in [0.5, 0.6) is 0 Å². The first-order valence-electron chi connectivity index (χ1n) is 6.59. The predicted octanol–water partition coefficient (Wildman–Crippen LogP) is 2.18. The summed E-state index contributed by atoms with van der Waals surface area (Å²) in [5.74, 6) is -0.291. The SMILES string of the molecule is CC(NCC1=CCCOC1)C(O)c1ccc(F)cc1. The molecule has 1 aliphatic rings. The molecular formula is C15H20FNO2. The Bertz CT molecular complexity index is 430. The highest BCUT2D eigenvalue weighted by molar-refractivity contribution is 5.20. The van der Waals surface area contributed by atoms with E-state index in [9.17, 15) is 9.50 Å². The van der Waals surface area contributed by atoms with Crippen molar-refractivity contribution in [1.29, 1.82) is 0 Å². The van der Waals surface area contributed by atoms with Crippen LogP contribution in [-0.4, -0.2) is 30.9 Å². The van der Waals surface area contributed by atoms with Gasteiger partial charge in [-0.1, -0.05) is 18.2 Å². The lowest BCUT2D eigenvalue weighted by Gasteiger charge is -2.22. The molecule has 0 fully saturated rings. The third kappa shape index (κ3) is 4.13. The smallest absolute Gasteiger partial charge is 0.123 e. The van der Waals surface area contributed by atoms with E-state index in [0.29, 0.717) is 13.2 Å². The number of aliphatic hydroxyl groups excluding tert-OH is 1. The highest BCUT2D eigenvalue weighted by atomic mass is 19.1. The van der Waals surface area contributed by atoms with Crippen LogP contribution in [0, 0.1) is 5.82 Å². The lowest BCUT2D eigenvalue weighted by atomic mass is 10.0. The number of benzene rings is 1. The second-order valence-corrected chi connectivity index (χ2v) is 4.87. The first-order valence-corrected chi connectivity index (χ1v) is 6.59. The van der Waals surface area contributed by atoms with Crippen LogP contribution in [0.25, 0.3) is 0 Å². The average molecular weight is 265 g/mol. The van der Waals surface area contributed by atoms with Gasteiger partial charge in [-0.25, -0.2) is 4.39 Å². The zero-order chi connectivity index (χ0) is 13.7. The normalized spacial score (nSPS) is 18.8. The van der Waals surface area contributed by atoms with Crippen molar-refractivity contribution in [2.75, 3.05) is 19.8 Å². The summed E-state index contributed by atoms with van der Waals surface area (Å²) in [5, 5.41) is 13.4. The molecule has 2 atom stereocenters. The van der Waals surface area contributed by atoms with E-state index in [4.69, 9.17) is 4.74 Å². The lowest BCUT2D eigenvalue weighted by molar-refractivity contribution is 0.131. The van der Waals surface area contributed by atoms with E-state index in [-0.39, 0.29) is 11.9 Å². The molecule has 1 aromatic carbocycles. The largest absolute Gasteiger partial charge is 0.387 e. The van der Waals surface area contributed by atoms with E-state index in [1.807, 2.05) is 6.92 Å². The first-order chi connectivity index (χ1) is 9.16. The molecular weight excluding hydrogens is 245 g/mol. The zero-order valence-corrected chi connectivity index (χ0v) is 11.1. The molecule has 0 aliphatic carbocycles. The van der Waals surface area contributed by atoms with Gasteiger partial charge in [-0.15, -0.1) is 0 Å². The molecule has 0 saturated heterocycles. The predicted molar refractivity (Wildman–Crippen MR) is 72.3 cm³/mol. The fourth-order valence-electron chi connectivity index (χ4n) is 2.08. The topological polar surface area (TPSA) is 41.5 Å². The standard InChI is InChI=1S/C15H20FNO2/c1-11(17-9-12-3-2-8-19-10-12)15(18)13-4-6-14(16)7-5-13/h3-7,11,15,17-18H,2,8-10H2,1H3. The number of nitrogens with one attached hydrogen (secondary N) is 1. The van der Waals surface area contributed by atoms with E-state index < -0.39 is 6.10 Å². The number of ether oxygens (including phenoxy) is 1. The summed E-state index contributed by atoms with van der Waals surface area (Å²) in [5.41, 5.74) is 1.93. The number of halogens is 1. The molecule has 1 aromatic rings. The Morgan fingerprint density at radius 2 is 2.11 bits per heavy atom. The molecule has 0 aromatic heterocycles. The van der Waals surface area contributed by atoms with E-state index in [1.54, 1.807) is 12.1 Å². The minimum absolute atomic E-state index is 0.103. The molecule has 2 rings (SSSR count). The van der Waals surface area contributed by atoms with Gasteiger partial charge in [0.05, 0.1) is 19.3 Å². The number of aliphatic hydroxyl groups is 1. The molecule has 19 heavy (non-hydrogen) atoms.